The minimum atomic E-state index is -0.914. The van der Waals surface area contributed by atoms with Crippen LogP contribution in [0.1, 0.15) is 58.8 Å². The van der Waals surface area contributed by atoms with Gasteiger partial charge < -0.3 is 10.2 Å². The summed E-state index contributed by atoms with van der Waals surface area (Å²) in [5, 5.41) is 16.3. The van der Waals surface area contributed by atoms with Crippen molar-refractivity contribution < 1.29 is 19.8 Å². The molecule has 0 saturated carbocycles. The smallest absolute Gasteiger partial charge is 0.328 e. The van der Waals surface area contributed by atoms with E-state index in [1.807, 2.05) is 6.92 Å². The molecule has 0 aliphatic heterocycles. The first-order valence-electron chi connectivity index (χ1n) is 7.46. The van der Waals surface area contributed by atoms with Gasteiger partial charge in [-0.3, -0.25) is 0 Å². The Balaban J connectivity index is 0. The molecule has 4 nitrogen and oxygen atoms in total. The second kappa shape index (κ2) is 18.2. The standard InChI is InChI=1S/C11H20O2.C6H8O2/c1-2-3-4-5-6-7-8-9-10-11(12)13;1-2-3-4-5-6(7)8/h9-10H,2-8H2,1H3,(H,12,13);2-5H,1H3,(H,7,8). The maximum absolute atomic E-state index is 10.1. The third-order valence-electron chi connectivity index (χ3n) is 2.53. The van der Waals surface area contributed by atoms with Gasteiger partial charge in [-0.2, -0.15) is 0 Å². The molecule has 0 saturated heterocycles. The normalized spacial score (nSPS) is 11.0. The van der Waals surface area contributed by atoms with Gasteiger partial charge in [0.2, 0.25) is 0 Å². The van der Waals surface area contributed by atoms with Gasteiger partial charge in [0.15, 0.2) is 0 Å². The van der Waals surface area contributed by atoms with Gasteiger partial charge in [0.05, 0.1) is 0 Å². The Kier molecular flexibility index (Phi) is 18.6. The Hall–Kier alpha value is -1.84. The number of carboxylic acid groups (broad SMARTS) is 2. The molecule has 120 valence electrons. The molecular formula is C17H28O4. The van der Waals surface area contributed by atoms with Gasteiger partial charge in [-0.25, -0.2) is 9.59 Å². The third kappa shape index (κ3) is 27.4. The summed E-state index contributed by atoms with van der Waals surface area (Å²) in [6.45, 7) is 4.03. The SMILES string of the molecule is CC=CC=CC(=O)O.CCCCCCCCC=CC(=O)O. The first-order valence-corrected chi connectivity index (χ1v) is 7.46. The second-order valence-corrected chi connectivity index (χ2v) is 4.52. The van der Waals surface area contributed by atoms with E-state index in [-0.39, 0.29) is 0 Å². The molecule has 0 atom stereocenters. The molecule has 0 aromatic rings. The van der Waals surface area contributed by atoms with Crippen molar-refractivity contribution in [2.75, 3.05) is 0 Å². The zero-order valence-electron chi connectivity index (χ0n) is 13.1. The van der Waals surface area contributed by atoms with Crippen molar-refractivity contribution >= 4 is 11.9 Å². The molecule has 0 rings (SSSR count). The highest BCUT2D eigenvalue weighted by atomic mass is 16.4. The van der Waals surface area contributed by atoms with E-state index in [4.69, 9.17) is 10.2 Å². The molecule has 0 aromatic heterocycles. The summed E-state index contributed by atoms with van der Waals surface area (Å²) in [6.07, 6.45) is 17.4. The Morgan fingerprint density at radius 2 is 1.43 bits per heavy atom. The molecule has 0 bridgehead atoms. The zero-order chi connectivity index (χ0) is 16.3. The highest BCUT2D eigenvalue weighted by Gasteiger charge is 1.89. The van der Waals surface area contributed by atoms with Gasteiger partial charge in [-0.1, -0.05) is 63.3 Å². The quantitative estimate of drug-likeness (QED) is 0.351. The number of hydrogen-bond acceptors (Lipinski definition) is 2. The summed E-state index contributed by atoms with van der Waals surface area (Å²) >= 11 is 0. The Morgan fingerprint density at radius 1 is 0.857 bits per heavy atom. The fourth-order valence-corrected chi connectivity index (χ4v) is 1.48. The average Bonchev–Trinajstić information content (AvgIpc) is 2.42. The van der Waals surface area contributed by atoms with Crippen LogP contribution in [-0.2, 0) is 9.59 Å². The predicted octanol–water partition coefficient (Wildman–Crippen LogP) is 4.58. The van der Waals surface area contributed by atoms with Crippen LogP contribution in [0, 0.1) is 0 Å². The van der Waals surface area contributed by atoms with Crippen LogP contribution in [-0.4, -0.2) is 22.2 Å². The summed E-state index contributed by atoms with van der Waals surface area (Å²) in [7, 11) is 0. The van der Waals surface area contributed by atoms with Crippen molar-refractivity contribution in [2.45, 2.75) is 58.8 Å². The summed E-state index contributed by atoms with van der Waals surface area (Å²) in [5.74, 6) is -1.76. The molecule has 0 aliphatic rings. The molecule has 0 aliphatic carbocycles. The van der Waals surface area contributed by atoms with Crippen LogP contribution < -0.4 is 0 Å². The molecule has 0 spiro atoms. The minimum Gasteiger partial charge on any atom is -0.478 e. The molecule has 0 aromatic carbocycles. The van der Waals surface area contributed by atoms with E-state index in [1.165, 1.54) is 44.3 Å². The van der Waals surface area contributed by atoms with Crippen LogP contribution in [0.2, 0.25) is 0 Å². The first-order chi connectivity index (χ1) is 10.0. The van der Waals surface area contributed by atoms with E-state index in [0.717, 1.165) is 18.9 Å². The van der Waals surface area contributed by atoms with Crippen molar-refractivity contribution in [3.05, 3.63) is 36.5 Å². The van der Waals surface area contributed by atoms with E-state index in [0.29, 0.717) is 0 Å². The summed E-state index contributed by atoms with van der Waals surface area (Å²) < 4.78 is 0. The zero-order valence-corrected chi connectivity index (χ0v) is 13.1. The maximum Gasteiger partial charge on any atom is 0.328 e. The molecule has 0 heterocycles. The van der Waals surface area contributed by atoms with Crippen molar-refractivity contribution in [3.8, 4) is 0 Å². The van der Waals surface area contributed by atoms with Gasteiger partial charge in [-0.05, 0) is 19.8 Å². The summed E-state index contributed by atoms with van der Waals surface area (Å²) in [5.41, 5.74) is 0. The minimum absolute atomic E-state index is 0.842. The lowest BCUT2D eigenvalue weighted by molar-refractivity contribution is -0.132. The fraction of sp³-hybridized carbons (Fsp3) is 0.529. The molecule has 0 unspecified atom stereocenters. The van der Waals surface area contributed by atoms with Crippen molar-refractivity contribution in [1.82, 2.24) is 0 Å². The second-order valence-electron chi connectivity index (χ2n) is 4.52. The Morgan fingerprint density at radius 3 is 1.95 bits per heavy atom. The van der Waals surface area contributed by atoms with E-state index in [1.54, 1.807) is 18.2 Å². The number of allylic oxidation sites excluding steroid dienone is 4. The van der Waals surface area contributed by atoms with E-state index in [9.17, 15) is 9.59 Å². The molecule has 0 amide bonds. The molecule has 4 heteroatoms. The third-order valence-corrected chi connectivity index (χ3v) is 2.53. The van der Waals surface area contributed by atoms with Gasteiger partial charge in [0.25, 0.3) is 0 Å². The molecule has 2 N–H and O–H groups in total. The van der Waals surface area contributed by atoms with Crippen LogP contribution >= 0.6 is 0 Å². The number of unbranched alkanes of at least 4 members (excludes halogenated alkanes) is 6. The molecular weight excluding hydrogens is 268 g/mol. The van der Waals surface area contributed by atoms with Gasteiger partial charge in [0.1, 0.15) is 0 Å². The van der Waals surface area contributed by atoms with Crippen LogP contribution in [0.15, 0.2) is 36.5 Å². The fourth-order valence-electron chi connectivity index (χ4n) is 1.48. The number of carbonyl (C=O) groups is 2. The van der Waals surface area contributed by atoms with Crippen molar-refractivity contribution in [3.63, 3.8) is 0 Å². The van der Waals surface area contributed by atoms with Gasteiger partial charge in [0, 0.05) is 12.2 Å². The van der Waals surface area contributed by atoms with Crippen LogP contribution in [0.25, 0.3) is 0 Å². The highest BCUT2D eigenvalue weighted by Crippen LogP contribution is 2.06. The Labute approximate surface area is 127 Å². The highest BCUT2D eigenvalue weighted by molar-refractivity contribution is 5.80. The van der Waals surface area contributed by atoms with E-state index in [2.05, 4.69) is 6.92 Å². The number of hydrogen-bond donors (Lipinski definition) is 2. The molecule has 0 fully saturated rings. The summed E-state index contributed by atoms with van der Waals surface area (Å²) in [6, 6.07) is 0. The number of aliphatic carboxylic acids is 2. The predicted molar refractivity (Wildman–Crippen MR) is 86.4 cm³/mol. The molecule has 0 radical (unpaired) electrons. The summed E-state index contributed by atoms with van der Waals surface area (Å²) in [4.78, 5) is 19.8. The van der Waals surface area contributed by atoms with Gasteiger partial charge in [-0.15, -0.1) is 0 Å². The van der Waals surface area contributed by atoms with Crippen LogP contribution in [0.5, 0.6) is 0 Å². The van der Waals surface area contributed by atoms with Crippen LogP contribution in [0.3, 0.4) is 0 Å². The topological polar surface area (TPSA) is 74.6 Å². The lowest BCUT2D eigenvalue weighted by Gasteiger charge is -1.96. The maximum atomic E-state index is 10.1. The van der Waals surface area contributed by atoms with Crippen molar-refractivity contribution in [2.24, 2.45) is 0 Å². The molecule has 21 heavy (non-hydrogen) atoms. The lowest BCUT2D eigenvalue weighted by atomic mass is 10.1. The monoisotopic (exact) mass is 296 g/mol. The lowest BCUT2D eigenvalue weighted by Crippen LogP contribution is -1.85. The Bertz CT molecular complexity index is 341. The van der Waals surface area contributed by atoms with E-state index >= 15 is 0 Å². The van der Waals surface area contributed by atoms with E-state index < -0.39 is 11.9 Å². The van der Waals surface area contributed by atoms with Crippen molar-refractivity contribution in [1.29, 1.82) is 0 Å². The van der Waals surface area contributed by atoms with Gasteiger partial charge >= 0.3 is 11.9 Å². The number of rotatable bonds is 10. The van der Waals surface area contributed by atoms with Crippen LogP contribution in [0.4, 0.5) is 0 Å². The average molecular weight is 296 g/mol. The first kappa shape index (κ1) is 21.5. The number of carboxylic acids is 2. The largest absolute Gasteiger partial charge is 0.478 e.